The summed E-state index contributed by atoms with van der Waals surface area (Å²) in [5.74, 6) is 1.34. The Balaban J connectivity index is 1.56. The van der Waals surface area contributed by atoms with E-state index in [9.17, 15) is 9.59 Å². The fraction of sp³-hybridized carbons (Fsp3) is 0.579. The molecule has 0 bridgehead atoms. The van der Waals surface area contributed by atoms with Crippen molar-refractivity contribution in [3.05, 3.63) is 35.9 Å². The standard InChI is InChI=1S/C19H26N2O2S/c1-14(22)21-13-24-12-17(21)18(23)20-16-8-10-19(2,11-9-16)15-6-4-3-5-7-15/h3-7,16-17H,8-13H2,1-2H3,(H,20,23)/t16?,17-,19?/m1/s1. The van der Waals surface area contributed by atoms with E-state index in [2.05, 4.69) is 42.6 Å². The van der Waals surface area contributed by atoms with E-state index in [1.54, 1.807) is 16.7 Å². The molecule has 1 aromatic rings. The molecular formula is C19H26N2O2S. The van der Waals surface area contributed by atoms with Crippen LogP contribution in [0.1, 0.15) is 45.1 Å². The molecule has 1 aromatic carbocycles. The predicted molar refractivity (Wildman–Crippen MR) is 97.8 cm³/mol. The number of amides is 2. The Bertz CT molecular complexity index is 597. The summed E-state index contributed by atoms with van der Waals surface area (Å²) in [6, 6.07) is 10.6. The first-order valence-corrected chi connectivity index (χ1v) is 9.86. The second kappa shape index (κ2) is 7.18. The third-order valence-corrected chi connectivity index (χ3v) is 6.51. The van der Waals surface area contributed by atoms with Crippen LogP contribution >= 0.6 is 11.8 Å². The molecule has 1 atom stereocenters. The molecule has 1 aliphatic carbocycles. The van der Waals surface area contributed by atoms with Crippen LogP contribution in [-0.2, 0) is 15.0 Å². The zero-order chi connectivity index (χ0) is 17.2. The normalized spacial score (nSPS) is 30.2. The minimum Gasteiger partial charge on any atom is -0.352 e. The topological polar surface area (TPSA) is 49.4 Å². The molecule has 24 heavy (non-hydrogen) atoms. The van der Waals surface area contributed by atoms with Crippen molar-refractivity contribution in [3.63, 3.8) is 0 Å². The summed E-state index contributed by atoms with van der Waals surface area (Å²) >= 11 is 1.65. The first kappa shape index (κ1) is 17.3. The second-order valence-electron chi connectivity index (χ2n) is 7.21. The molecule has 1 N–H and O–H groups in total. The van der Waals surface area contributed by atoms with Gasteiger partial charge in [0.2, 0.25) is 11.8 Å². The quantitative estimate of drug-likeness (QED) is 0.915. The number of rotatable bonds is 3. The number of carbonyl (C=O) groups excluding carboxylic acids is 2. The molecule has 1 aliphatic heterocycles. The molecule has 3 rings (SSSR count). The highest BCUT2D eigenvalue weighted by Crippen LogP contribution is 2.39. The van der Waals surface area contributed by atoms with Crippen molar-refractivity contribution in [2.45, 2.75) is 57.0 Å². The van der Waals surface area contributed by atoms with E-state index >= 15 is 0 Å². The van der Waals surface area contributed by atoms with Gasteiger partial charge in [-0.15, -0.1) is 11.8 Å². The lowest BCUT2D eigenvalue weighted by Crippen LogP contribution is -2.50. The number of nitrogens with one attached hydrogen (secondary N) is 1. The highest BCUT2D eigenvalue weighted by Gasteiger charge is 2.36. The first-order chi connectivity index (χ1) is 11.5. The van der Waals surface area contributed by atoms with Crippen molar-refractivity contribution in [2.24, 2.45) is 0 Å². The van der Waals surface area contributed by atoms with E-state index in [1.165, 1.54) is 12.5 Å². The maximum Gasteiger partial charge on any atom is 0.243 e. The molecule has 0 spiro atoms. The summed E-state index contributed by atoms with van der Waals surface area (Å²) < 4.78 is 0. The first-order valence-electron chi connectivity index (χ1n) is 8.70. The van der Waals surface area contributed by atoms with Gasteiger partial charge in [0.25, 0.3) is 0 Å². The van der Waals surface area contributed by atoms with Crippen LogP contribution in [0, 0.1) is 0 Å². The molecule has 5 heteroatoms. The van der Waals surface area contributed by atoms with Crippen molar-refractivity contribution in [1.82, 2.24) is 10.2 Å². The zero-order valence-corrected chi connectivity index (χ0v) is 15.3. The maximum absolute atomic E-state index is 12.5. The van der Waals surface area contributed by atoms with Crippen molar-refractivity contribution in [1.29, 1.82) is 0 Å². The highest BCUT2D eigenvalue weighted by molar-refractivity contribution is 7.99. The fourth-order valence-electron chi connectivity index (χ4n) is 3.80. The molecule has 2 fully saturated rings. The Hall–Kier alpha value is -1.49. The molecule has 130 valence electrons. The van der Waals surface area contributed by atoms with Crippen molar-refractivity contribution >= 4 is 23.6 Å². The number of carbonyl (C=O) groups is 2. The number of thioether (sulfide) groups is 1. The van der Waals surface area contributed by atoms with Gasteiger partial charge in [-0.2, -0.15) is 0 Å². The van der Waals surface area contributed by atoms with E-state index in [0.29, 0.717) is 11.6 Å². The van der Waals surface area contributed by atoms with Gasteiger partial charge in [-0.25, -0.2) is 0 Å². The van der Waals surface area contributed by atoms with Crippen LogP contribution in [0.2, 0.25) is 0 Å². The Morgan fingerprint density at radius 1 is 1.21 bits per heavy atom. The van der Waals surface area contributed by atoms with Gasteiger partial charge in [-0.3, -0.25) is 9.59 Å². The van der Waals surface area contributed by atoms with Gasteiger partial charge in [-0.05, 0) is 36.7 Å². The van der Waals surface area contributed by atoms with Gasteiger partial charge in [0.05, 0.1) is 5.88 Å². The lowest BCUT2D eigenvalue weighted by Gasteiger charge is -2.38. The SMILES string of the molecule is CC(=O)N1CSC[C@@H]1C(=O)NC1CCC(C)(c2ccccc2)CC1. The van der Waals surface area contributed by atoms with Crippen LogP contribution in [0.25, 0.3) is 0 Å². The summed E-state index contributed by atoms with van der Waals surface area (Å²) in [6.45, 7) is 3.86. The Morgan fingerprint density at radius 2 is 1.88 bits per heavy atom. The van der Waals surface area contributed by atoms with E-state index in [4.69, 9.17) is 0 Å². The molecule has 2 aliphatic rings. The minimum absolute atomic E-state index is 0.0135. The van der Waals surface area contributed by atoms with Crippen LogP contribution in [0.15, 0.2) is 30.3 Å². The van der Waals surface area contributed by atoms with Crippen molar-refractivity contribution < 1.29 is 9.59 Å². The number of hydrogen-bond acceptors (Lipinski definition) is 3. The van der Waals surface area contributed by atoms with Crippen LogP contribution in [-0.4, -0.2) is 40.4 Å². The van der Waals surface area contributed by atoms with Crippen molar-refractivity contribution in [3.8, 4) is 0 Å². The average Bonchev–Trinajstić information content (AvgIpc) is 3.08. The molecule has 2 amide bonds. The maximum atomic E-state index is 12.5. The van der Waals surface area contributed by atoms with Crippen LogP contribution in [0.3, 0.4) is 0 Å². The zero-order valence-electron chi connectivity index (χ0n) is 14.5. The Labute approximate surface area is 148 Å². The monoisotopic (exact) mass is 346 g/mol. The van der Waals surface area contributed by atoms with E-state index < -0.39 is 0 Å². The van der Waals surface area contributed by atoms with Crippen LogP contribution in [0.5, 0.6) is 0 Å². The Kier molecular flexibility index (Phi) is 5.18. The van der Waals surface area contributed by atoms with Crippen LogP contribution < -0.4 is 5.32 Å². The Morgan fingerprint density at radius 3 is 2.50 bits per heavy atom. The van der Waals surface area contributed by atoms with Gasteiger partial charge < -0.3 is 10.2 Å². The van der Waals surface area contributed by atoms with Gasteiger partial charge in [0, 0.05) is 18.7 Å². The molecule has 1 saturated heterocycles. The number of nitrogens with zero attached hydrogens (tertiary/aromatic N) is 1. The summed E-state index contributed by atoms with van der Waals surface area (Å²) in [7, 11) is 0. The van der Waals surface area contributed by atoms with Gasteiger partial charge in [0.15, 0.2) is 0 Å². The lowest BCUT2D eigenvalue weighted by atomic mass is 9.69. The fourth-order valence-corrected chi connectivity index (χ4v) is 5.01. The number of benzene rings is 1. The van der Waals surface area contributed by atoms with Gasteiger partial charge >= 0.3 is 0 Å². The third-order valence-electron chi connectivity index (χ3n) is 5.50. The molecule has 0 unspecified atom stereocenters. The molecule has 0 radical (unpaired) electrons. The molecule has 0 aromatic heterocycles. The third kappa shape index (κ3) is 3.61. The summed E-state index contributed by atoms with van der Waals surface area (Å²) in [4.78, 5) is 25.8. The summed E-state index contributed by atoms with van der Waals surface area (Å²) in [5, 5.41) is 3.19. The predicted octanol–water partition coefficient (Wildman–Crippen LogP) is 2.92. The smallest absolute Gasteiger partial charge is 0.243 e. The van der Waals surface area contributed by atoms with Crippen LogP contribution in [0.4, 0.5) is 0 Å². The van der Waals surface area contributed by atoms with Crippen molar-refractivity contribution in [2.75, 3.05) is 11.6 Å². The molecular weight excluding hydrogens is 320 g/mol. The summed E-state index contributed by atoms with van der Waals surface area (Å²) in [6.07, 6.45) is 4.16. The molecule has 1 saturated carbocycles. The highest BCUT2D eigenvalue weighted by atomic mass is 32.2. The largest absolute Gasteiger partial charge is 0.352 e. The van der Waals surface area contributed by atoms with Gasteiger partial charge in [0.1, 0.15) is 6.04 Å². The second-order valence-corrected chi connectivity index (χ2v) is 8.21. The minimum atomic E-state index is -0.296. The van der Waals surface area contributed by atoms with E-state index in [0.717, 1.165) is 25.7 Å². The van der Waals surface area contributed by atoms with E-state index in [-0.39, 0.29) is 29.3 Å². The van der Waals surface area contributed by atoms with Gasteiger partial charge in [-0.1, -0.05) is 37.3 Å². The van der Waals surface area contributed by atoms with E-state index in [1.807, 2.05) is 0 Å². The number of hydrogen-bond donors (Lipinski definition) is 1. The molecule has 1 heterocycles. The average molecular weight is 346 g/mol. The summed E-state index contributed by atoms with van der Waals surface area (Å²) in [5.41, 5.74) is 1.60. The lowest BCUT2D eigenvalue weighted by molar-refractivity contribution is -0.136. The molecule has 4 nitrogen and oxygen atoms in total.